The summed E-state index contributed by atoms with van der Waals surface area (Å²) in [5, 5.41) is 17.9. The van der Waals surface area contributed by atoms with Crippen LogP contribution in [0.15, 0.2) is 22.8 Å². The maximum Gasteiger partial charge on any atom is 0.309 e. The Hall–Kier alpha value is -1.29. The fourth-order valence-electron chi connectivity index (χ4n) is 0.841. The zero-order valence-corrected chi connectivity index (χ0v) is 6.60. The van der Waals surface area contributed by atoms with E-state index in [1.165, 1.54) is 13.2 Å². The number of aliphatic carboxylic acids is 1. The molecule has 0 radical (unpaired) electrons. The molecule has 0 saturated heterocycles. The third-order valence-electron chi connectivity index (χ3n) is 1.70. The van der Waals surface area contributed by atoms with Crippen molar-refractivity contribution in [2.24, 2.45) is 5.92 Å². The number of aliphatic hydroxyl groups excluding tert-OH is 1. The van der Waals surface area contributed by atoms with Gasteiger partial charge in [0.2, 0.25) is 0 Å². The summed E-state index contributed by atoms with van der Waals surface area (Å²) in [6, 6.07) is 3.15. The van der Waals surface area contributed by atoms with Gasteiger partial charge >= 0.3 is 5.97 Å². The van der Waals surface area contributed by atoms with Crippen molar-refractivity contribution in [3.05, 3.63) is 24.2 Å². The van der Waals surface area contributed by atoms with Gasteiger partial charge in [-0.05, 0) is 19.1 Å². The first kappa shape index (κ1) is 8.80. The average molecular weight is 170 g/mol. The molecule has 0 fully saturated rings. The second kappa shape index (κ2) is 3.40. The minimum Gasteiger partial charge on any atom is -0.481 e. The second-order valence-electron chi connectivity index (χ2n) is 2.59. The van der Waals surface area contributed by atoms with E-state index in [4.69, 9.17) is 9.52 Å². The number of furan rings is 1. The number of rotatable bonds is 3. The molecule has 2 atom stereocenters. The van der Waals surface area contributed by atoms with E-state index >= 15 is 0 Å². The van der Waals surface area contributed by atoms with Crippen LogP contribution in [-0.4, -0.2) is 16.2 Å². The predicted molar refractivity (Wildman–Crippen MR) is 40.5 cm³/mol. The molecule has 1 rings (SSSR count). The summed E-state index contributed by atoms with van der Waals surface area (Å²) in [4.78, 5) is 10.4. The van der Waals surface area contributed by atoms with E-state index in [0.29, 0.717) is 0 Å². The molecule has 1 heterocycles. The van der Waals surface area contributed by atoms with E-state index in [1.54, 1.807) is 12.1 Å². The van der Waals surface area contributed by atoms with Gasteiger partial charge in [0.05, 0.1) is 12.2 Å². The van der Waals surface area contributed by atoms with Crippen molar-refractivity contribution in [3.8, 4) is 0 Å². The topological polar surface area (TPSA) is 70.7 Å². The largest absolute Gasteiger partial charge is 0.481 e. The van der Waals surface area contributed by atoms with Crippen molar-refractivity contribution in [1.82, 2.24) is 0 Å². The third-order valence-corrected chi connectivity index (χ3v) is 1.70. The Labute approximate surface area is 69.4 Å². The van der Waals surface area contributed by atoms with Gasteiger partial charge in [-0.25, -0.2) is 0 Å². The van der Waals surface area contributed by atoms with Crippen molar-refractivity contribution in [3.63, 3.8) is 0 Å². The summed E-state index contributed by atoms with van der Waals surface area (Å²) in [6.45, 7) is 1.43. The summed E-state index contributed by atoms with van der Waals surface area (Å²) < 4.78 is 4.85. The van der Waals surface area contributed by atoms with Crippen LogP contribution < -0.4 is 0 Å². The molecule has 1 aromatic rings. The first-order valence-electron chi connectivity index (χ1n) is 3.57. The van der Waals surface area contributed by atoms with Crippen molar-refractivity contribution < 1.29 is 19.4 Å². The molecule has 12 heavy (non-hydrogen) atoms. The van der Waals surface area contributed by atoms with Gasteiger partial charge in [0.1, 0.15) is 11.9 Å². The van der Waals surface area contributed by atoms with Gasteiger partial charge in [0.25, 0.3) is 0 Å². The highest BCUT2D eigenvalue weighted by molar-refractivity contribution is 5.70. The monoisotopic (exact) mass is 170 g/mol. The van der Waals surface area contributed by atoms with Crippen LogP contribution in [0, 0.1) is 5.92 Å². The van der Waals surface area contributed by atoms with Crippen molar-refractivity contribution in [2.45, 2.75) is 13.0 Å². The molecule has 0 aliphatic carbocycles. The normalized spacial score (nSPS) is 15.5. The molecular formula is C8H10O4. The van der Waals surface area contributed by atoms with Crippen LogP contribution in [0.5, 0.6) is 0 Å². The summed E-state index contributed by atoms with van der Waals surface area (Å²) in [6.07, 6.45) is 0.324. The van der Waals surface area contributed by atoms with Gasteiger partial charge in [-0.1, -0.05) is 0 Å². The van der Waals surface area contributed by atoms with E-state index in [-0.39, 0.29) is 5.76 Å². The number of carboxylic acid groups (broad SMARTS) is 1. The van der Waals surface area contributed by atoms with Crippen LogP contribution in [0.2, 0.25) is 0 Å². The standard InChI is InChI=1S/C8H10O4/c1-5(8(10)11)7(9)6-3-2-4-12-6/h2-5,7,9H,1H3,(H,10,11)/t5-,7?/m0/s1. The lowest BCUT2D eigenvalue weighted by Gasteiger charge is -2.11. The summed E-state index contributed by atoms with van der Waals surface area (Å²) in [7, 11) is 0. The van der Waals surface area contributed by atoms with E-state index in [2.05, 4.69) is 0 Å². The smallest absolute Gasteiger partial charge is 0.309 e. The van der Waals surface area contributed by atoms with E-state index in [9.17, 15) is 9.90 Å². The highest BCUT2D eigenvalue weighted by Gasteiger charge is 2.24. The zero-order chi connectivity index (χ0) is 9.14. The Bertz CT molecular complexity index is 252. The first-order chi connectivity index (χ1) is 5.63. The van der Waals surface area contributed by atoms with Crippen LogP contribution in [0.1, 0.15) is 18.8 Å². The van der Waals surface area contributed by atoms with Crippen molar-refractivity contribution in [1.29, 1.82) is 0 Å². The number of carboxylic acids is 1. The van der Waals surface area contributed by atoms with E-state index in [0.717, 1.165) is 0 Å². The van der Waals surface area contributed by atoms with E-state index in [1.807, 2.05) is 0 Å². The summed E-state index contributed by atoms with van der Waals surface area (Å²) in [5.41, 5.74) is 0. The number of hydrogen-bond donors (Lipinski definition) is 2. The van der Waals surface area contributed by atoms with Gasteiger partial charge in [0, 0.05) is 0 Å². The molecule has 1 aromatic heterocycles. The molecule has 1 unspecified atom stereocenters. The van der Waals surface area contributed by atoms with Crippen molar-refractivity contribution in [2.75, 3.05) is 0 Å². The minimum atomic E-state index is -1.07. The number of carbonyl (C=O) groups is 1. The molecule has 4 heteroatoms. The molecule has 0 aromatic carbocycles. The average Bonchev–Trinajstić information content (AvgIpc) is 2.53. The summed E-state index contributed by atoms with van der Waals surface area (Å²) in [5.74, 6) is -1.61. The maximum atomic E-state index is 10.4. The van der Waals surface area contributed by atoms with Gasteiger partial charge < -0.3 is 14.6 Å². The van der Waals surface area contributed by atoms with Crippen LogP contribution >= 0.6 is 0 Å². The molecule has 4 nitrogen and oxygen atoms in total. The first-order valence-corrected chi connectivity index (χ1v) is 3.57. The molecular weight excluding hydrogens is 160 g/mol. The quantitative estimate of drug-likeness (QED) is 0.710. The minimum absolute atomic E-state index is 0.282. The van der Waals surface area contributed by atoms with E-state index < -0.39 is 18.0 Å². The molecule has 0 bridgehead atoms. The Morgan fingerprint density at radius 2 is 2.33 bits per heavy atom. The van der Waals surface area contributed by atoms with Gasteiger partial charge in [-0.3, -0.25) is 4.79 Å². The van der Waals surface area contributed by atoms with Crippen LogP contribution in [-0.2, 0) is 4.79 Å². The molecule has 0 amide bonds. The van der Waals surface area contributed by atoms with Crippen molar-refractivity contribution >= 4 is 5.97 Å². The summed E-state index contributed by atoms with van der Waals surface area (Å²) >= 11 is 0. The number of hydrogen-bond acceptors (Lipinski definition) is 3. The molecule has 0 aliphatic heterocycles. The lowest BCUT2D eigenvalue weighted by Crippen LogP contribution is -2.18. The molecule has 0 saturated carbocycles. The predicted octanol–water partition coefficient (Wildman–Crippen LogP) is 1.03. The lowest BCUT2D eigenvalue weighted by atomic mass is 10.0. The fourth-order valence-corrected chi connectivity index (χ4v) is 0.841. The molecule has 66 valence electrons. The highest BCUT2D eigenvalue weighted by atomic mass is 16.4. The van der Waals surface area contributed by atoms with Crippen LogP contribution in [0.3, 0.4) is 0 Å². The molecule has 0 aliphatic rings. The van der Waals surface area contributed by atoms with Crippen LogP contribution in [0.4, 0.5) is 0 Å². The van der Waals surface area contributed by atoms with Gasteiger partial charge in [-0.15, -0.1) is 0 Å². The Kier molecular flexibility index (Phi) is 2.50. The Morgan fingerprint density at radius 1 is 1.67 bits per heavy atom. The SMILES string of the molecule is C[C@H](C(=O)O)C(O)c1ccco1. The number of aliphatic hydroxyl groups is 1. The van der Waals surface area contributed by atoms with Crippen LogP contribution in [0.25, 0.3) is 0 Å². The maximum absolute atomic E-state index is 10.4. The van der Waals surface area contributed by atoms with Gasteiger partial charge in [0.15, 0.2) is 0 Å². The molecule has 0 spiro atoms. The lowest BCUT2D eigenvalue weighted by molar-refractivity contribution is -0.145. The fraction of sp³-hybridized carbons (Fsp3) is 0.375. The zero-order valence-electron chi connectivity index (χ0n) is 6.60. The molecule has 2 N–H and O–H groups in total. The van der Waals surface area contributed by atoms with Gasteiger partial charge in [-0.2, -0.15) is 0 Å². The Balaban J connectivity index is 2.71. The second-order valence-corrected chi connectivity index (χ2v) is 2.59. The Morgan fingerprint density at radius 3 is 2.75 bits per heavy atom. The highest BCUT2D eigenvalue weighted by Crippen LogP contribution is 2.21. The third kappa shape index (κ3) is 1.65.